The molecule has 1 aromatic carbocycles. The second-order valence-electron chi connectivity index (χ2n) is 4.25. The van der Waals surface area contributed by atoms with E-state index in [4.69, 9.17) is 0 Å². The SMILES string of the molecule is Cc1cc(C)c2nc(NC(C)C)sc2c1. The quantitative estimate of drug-likeness (QED) is 0.834. The Kier molecular flexibility index (Phi) is 2.65. The third kappa shape index (κ3) is 2.12. The number of thiazole rings is 1. The lowest BCUT2D eigenvalue weighted by atomic mass is 10.1. The number of rotatable bonds is 2. The summed E-state index contributed by atoms with van der Waals surface area (Å²) in [7, 11) is 0. The highest BCUT2D eigenvalue weighted by molar-refractivity contribution is 7.22. The lowest BCUT2D eigenvalue weighted by molar-refractivity contribution is 0.897. The predicted molar refractivity (Wildman–Crippen MR) is 67.9 cm³/mol. The Morgan fingerprint density at radius 1 is 1.27 bits per heavy atom. The molecule has 0 atom stereocenters. The van der Waals surface area contributed by atoms with Crippen LogP contribution in [0.25, 0.3) is 10.2 Å². The van der Waals surface area contributed by atoms with Gasteiger partial charge in [-0.3, -0.25) is 0 Å². The molecule has 80 valence electrons. The van der Waals surface area contributed by atoms with Gasteiger partial charge in [0, 0.05) is 6.04 Å². The van der Waals surface area contributed by atoms with Gasteiger partial charge in [-0.25, -0.2) is 4.98 Å². The molecule has 3 heteroatoms. The van der Waals surface area contributed by atoms with Crippen LogP contribution in [0.4, 0.5) is 5.13 Å². The maximum Gasteiger partial charge on any atom is 0.183 e. The number of aryl methyl sites for hydroxylation is 2. The molecule has 0 unspecified atom stereocenters. The van der Waals surface area contributed by atoms with Crippen LogP contribution in [0.5, 0.6) is 0 Å². The fourth-order valence-corrected chi connectivity index (χ4v) is 2.87. The van der Waals surface area contributed by atoms with Crippen molar-refractivity contribution in [3.05, 3.63) is 23.3 Å². The Morgan fingerprint density at radius 3 is 2.67 bits per heavy atom. The molecule has 0 bridgehead atoms. The van der Waals surface area contributed by atoms with E-state index >= 15 is 0 Å². The highest BCUT2D eigenvalue weighted by Gasteiger charge is 2.07. The first kappa shape index (κ1) is 10.4. The molecular formula is C12H16N2S. The number of anilines is 1. The smallest absolute Gasteiger partial charge is 0.183 e. The van der Waals surface area contributed by atoms with Gasteiger partial charge in [0.2, 0.25) is 0 Å². The van der Waals surface area contributed by atoms with Crippen molar-refractivity contribution in [2.45, 2.75) is 33.7 Å². The van der Waals surface area contributed by atoms with Gasteiger partial charge in [0.05, 0.1) is 10.2 Å². The first-order valence-corrected chi connectivity index (χ1v) is 6.02. The minimum Gasteiger partial charge on any atom is -0.359 e. The Balaban J connectivity index is 2.50. The predicted octanol–water partition coefficient (Wildman–Crippen LogP) is 3.73. The average Bonchev–Trinajstić information content (AvgIpc) is 2.45. The third-order valence-corrected chi connectivity index (χ3v) is 3.18. The monoisotopic (exact) mass is 220 g/mol. The molecule has 2 aromatic rings. The van der Waals surface area contributed by atoms with Crippen molar-refractivity contribution in [3.8, 4) is 0 Å². The molecule has 0 fully saturated rings. The van der Waals surface area contributed by atoms with Crippen molar-refractivity contribution in [3.63, 3.8) is 0 Å². The molecule has 0 aliphatic carbocycles. The van der Waals surface area contributed by atoms with Crippen LogP contribution in [0.3, 0.4) is 0 Å². The third-order valence-electron chi connectivity index (χ3n) is 2.24. The molecule has 0 saturated heterocycles. The van der Waals surface area contributed by atoms with Gasteiger partial charge in [0.25, 0.3) is 0 Å². The molecule has 0 saturated carbocycles. The van der Waals surface area contributed by atoms with Crippen LogP contribution in [-0.4, -0.2) is 11.0 Å². The maximum atomic E-state index is 4.60. The molecule has 15 heavy (non-hydrogen) atoms. The van der Waals surface area contributed by atoms with E-state index < -0.39 is 0 Å². The minimum atomic E-state index is 0.437. The number of aromatic nitrogens is 1. The molecule has 1 N–H and O–H groups in total. The Bertz CT molecular complexity index is 486. The number of nitrogens with one attached hydrogen (secondary N) is 1. The van der Waals surface area contributed by atoms with Gasteiger partial charge >= 0.3 is 0 Å². The van der Waals surface area contributed by atoms with E-state index in [2.05, 4.69) is 50.1 Å². The van der Waals surface area contributed by atoms with Crippen LogP contribution in [0.2, 0.25) is 0 Å². The van der Waals surface area contributed by atoms with Gasteiger partial charge in [0.1, 0.15) is 0 Å². The Hall–Kier alpha value is -1.09. The topological polar surface area (TPSA) is 24.9 Å². The molecule has 0 aliphatic rings. The number of hydrogen-bond donors (Lipinski definition) is 1. The van der Waals surface area contributed by atoms with Crippen LogP contribution >= 0.6 is 11.3 Å². The molecule has 0 radical (unpaired) electrons. The molecule has 0 spiro atoms. The van der Waals surface area contributed by atoms with Crippen molar-refractivity contribution in [2.24, 2.45) is 0 Å². The summed E-state index contributed by atoms with van der Waals surface area (Å²) >= 11 is 1.73. The van der Waals surface area contributed by atoms with Gasteiger partial charge < -0.3 is 5.32 Å². The van der Waals surface area contributed by atoms with E-state index in [0.29, 0.717) is 6.04 Å². The van der Waals surface area contributed by atoms with E-state index in [1.54, 1.807) is 11.3 Å². The lowest BCUT2D eigenvalue weighted by Crippen LogP contribution is -2.08. The fraction of sp³-hybridized carbons (Fsp3) is 0.417. The Morgan fingerprint density at radius 2 is 2.00 bits per heavy atom. The van der Waals surface area contributed by atoms with Crippen LogP contribution < -0.4 is 5.32 Å². The van der Waals surface area contributed by atoms with Crippen LogP contribution in [0.15, 0.2) is 12.1 Å². The van der Waals surface area contributed by atoms with Gasteiger partial charge in [-0.1, -0.05) is 17.4 Å². The maximum absolute atomic E-state index is 4.60. The van der Waals surface area contributed by atoms with Crippen LogP contribution in [0, 0.1) is 13.8 Å². The molecule has 2 rings (SSSR count). The molecule has 0 aliphatic heterocycles. The highest BCUT2D eigenvalue weighted by atomic mass is 32.1. The standard InChI is InChI=1S/C12H16N2S/c1-7(2)13-12-14-11-9(4)5-8(3)6-10(11)15-12/h5-7H,1-4H3,(H,13,14). The number of nitrogens with zero attached hydrogens (tertiary/aromatic N) is 1. The first-order valence-electron chi connectivity index (χ1n) is 5.20. The van der Waals surface area contributed by atoms with Crippen molar-refractivity contribution in [1.29, 1.82) is 0 Å². The van der Waals surface area contributed by atoms with Crippen LogP contribution in [0.1, 0.15) is 25.0 Å². The van der Waals surface area contributed by atoms with E-state index in [0.717, 1.165) is 10.6 Å². The van der Waals surface area contributed by atoms with Gasteiger partial charge in [-0.15, -0.1) is 0 Å². The summed E-state index contributed by atoms with van der Waals surface area (Å²) in [5.74, 6) is 0. The first-order chi connectivity index (χ1) is 7.06. The summed E-state index contributed by atoms with van der Waals surface area (Å²) in [5.41, 5.74) is 3.70. The van der Waals surface area contributed by atoms with Crippen molar-refractivity contribution < 1.29 is 0 Å². The average molecular weight is 220 g/mol. The molecule has 0 amide bonds. The summed E-state index contributed by atoms with van der Waals surface area (Å²) in [5, 5.41) is 4.37. The zero-order valence-corrected chi connectivity index (χ0v) is 10.4. The van der Waals surface area contributed by atoms with Crippen LogP contribution in [-0.2, 0) is 0 Å². The molecular weight excluding hydrogens is 204 g/mol. The van der Waals surface area contributed by atoms with E-state index in [1.807, 2.05) is 0 Å². The lowest BCUT2D eigenvalue weighted by Gasteiger charge is -2.03. The molecule has 1 aromatic heterocycles. The zero-order chi connectivity index (χ0) is 11.0. The normalized spacial score (nSPS) is 11.3. The van der Waals surface area contributed by atoms with E-state index in [9.17, 15) is 0 Å². The fourth-order valence-electron chi connectivity index (χ4n) is 1.68. The molecule has 2 nitrogen and oxygen atoms in total. The summed E-state index contributed by atoms with van der Waals surface area (Å²) in [6.07, 6.45) is 0. The van der Waals surface area contributed by atoms with Gasteiger partial charge in [-0.2, -0.15) is 0 Å². The molecule has 1 heterocycles. The highest BCUT2D eigenvalue weighted by Crippen LogP contribution is 2.29. The number of fused-ring (bicyclic) bond motifs is 1. The number of hydrogen-bond acceptors (Lipinski definition) is 3. The Labute approximate surface area is 94.3 Å². The second-order valence-corrected chi connectivity index (χ2v) is 5.28. The number of benzene rings is 1. The van der Waals surface area contributed by atoms with Gasteiger partial charge in [0.15, 0.2) is 5.13 Å². The van der Waals surface area contributed by atoms with Crippen molar-refractivity contribution in [1.82, 2.24) is 4.98 Å². The van der Waals surface area contributed by atoms with E-state index in [1.165, 1.54) is 15.8 Å². The summed E-state index contributed by atoms with van der Waals surface area (Å²) in [4.78, 5) is 4.60. The summed E-state index contributed by atoms with van der Waals surface area (Å²) in [6.45, 7) is 8.50. The van der Waals surface area contributed by atoms with Crippen molar-refractivity contribution in [2.75, 3.05) is 5.32 Å². The zero-order valence-electron chi connectivity index (χ0n) is 9.59. The minimum absolute atomic E-state index is 0.437. The summed E-state index contributed by atoms with van der Waals surface area (Å²) < 4.78 is 1.27. The largest absolute Gasteiger partial charge is 0.359 e. The van der Waals surface area contributed by atoms with Gasteiger partial charge in [-0.05, 0) is 44.9 Å². The van der Waals surface area contributed by atoms with Crippen molar-refractivity contribution >= 4 is 26.7 Å². The second kappa shape index (κ2) is 3.81. The summed E-state index contributed by atoms with van der Waals surface area (Å²) in [6, 6.07) is 4.82. The van der Waals surface area contributed by atoms with E-state index in [-0.39, 0.29) is 0 Å².